The summed E-state index contributed by atoms with van der Waals surface area (Å²) in [4.78, 5) is 4.03. The lowest BCUT2D eigenvalue weighted by molar-refractivity contribution is 1.06. The maximum Gasteiger partial charge on any atom is 0.0991 e. The molecule has 0 unspecified atom stereocenters. The van der Waals surface area contributed by atoms with Crippen molar-refractivity contribution in [1.82, 2.24) is 9.55 Å². The average molecular weight is 297 g/mol. The SMILES string of the molecule is Clc1ccccc1NN=Cc1ccc(-n2ccnc2)cc1. The van der Waals surface area contributed by atoms with Crippen LogP contribution in [0, 0.1) is 0 Å². The molecular formula is C16H13ClN4. The van der Waals surface area contributed by atoms with E-state index in [2.05, 4.69) is 15.5 Å². The highest BCUT2D eigenvalue weighted by molar-refractivity contribution is 6.33. The van der Waals surface area contributed by atoms with E-state index in [-0.39, 0.29) is 0 Å². The molecule has 3 rings (SSSR count). The van der Waals surface area contributed by atoms with Crippen molar-refractivity contribution in [3.05, 3.63) is 77.8 Å². The molecule has 4 nitrogen and oxygen atoms in total. The van der Waals surface area contributed by atoms with Crippen LogP contribution in [0.25, 0.3) is 5.69 Å². The van der Waals surface area contributed by atoms with Gasteiger partial charge in [-0.2, -0.15) is 5.10 Å². The van der Waals surface area contributed by atoms with Crippen LogP contribution in [0.2, 0.25) is 5.02 Å². The molecule has 0 aliphatic carbocycles. The largest absolute Gasteiger partial charge is 0.306 e. The third kappa shape index (κ3) is 3.30. The fourth-order valence-corrected chi connectivity index (χ4v) is 2.05. The zero-order valence-electron chi connectivity index (χ0n) is 11.1. The molecule has 0 fully saturated rings. The van der Waals surface area contributed by atoms with Crippen molar-refractivity contribution >= 4 is 23.5 Å². The average Bonchev–Trinajstić information content (AvgIpc) is 3.04. The molecule has 2 aromatic carbocycles. The number of nitrogens with one attached hydrogen (secondary N) is 1. The molecule has 1 N–H and O–H groups in total. The molecule has 0 aliphatic heterocycles. The highest BCUT2D eigenvalue weighted by Crippen LogP contribution is 2.20. The lowest BCUT2D eigenvalue weighted by Gasteiger charge is -2.03. The molecule has 0 bridgehead atoms. The molecule has 1 aromatic heterocycles. The lowest BCUT2D eigenvalue weighted by atomic mass is 10.2. The summed E-state index contributed by atoms with van der Waals surface area (Å²) in [6.45, 7) is 0. The Bertz CT molecular complexity index is 733. The maximum absolute atomic E-state index is 6.04. The molecule has 1 heterocycles. The normalized spacial score (nSPS) is 10.9. The number of hydrogen-bond donors (Lipinski definition) is 1. The van der Waals surface area contributed by atoms with Crippen LogP contribution in [0.3, 0.4) is 0 Å². The van der Waals surface area contributed by atoms with Gasteiger partial charge >= 0.3 is 0 Å². The van der Waals surface area contributed by atoms with E-state index in [1.165, 1.54) is 0 Å². The monoisotopic (exact) mass is 296 g/mol. The van der Waals surface area contributed by atoms with Crippen molar-refractivity contribution in [3.63, 3.8) is 0 Å². The van der Waals surface area contributed by atoms with Crippen molar-refractivity contribution in [3.8, 4) is 5.69 Å². The number of para-hydroxylation sites is 1. The summed E-state index contributed by atoms with van der Waals surface area (Å²) in [6, 6.07) is 15.5. The van der Waals surface area contributed by atoms with Gasteiger partial charge in [-0.05, 0) is 29.8 Å². The van der Waals surface area contributed by atoms with E-state index in [4.69, 9.17) is 11.6 Å². The maximum atomic E-state index is 6.04. The Morgan fingerprint density at radius 1 is 1.10 bits per heavy atom. The zero-order valence-corrected chi connectivity index (χ0v) is 11.9. The Labute approximate surface area is 127 Å². The molecule has 0 saturated heterocycles. The number of imidazole rings is 1. The van der Waals surface area contributed by atoms with Crippen LogP contribution in [0.5, 0.6) is 0 Å². The van der Waals surface area contributed by atoms with Crippen LogP contribution in [-0.4, -0.2) is 15.8 Å². The first kappa shape index (κ1) is 13.4. The van der Waals surface area contributed by atoms with E-state index in [0.29, 0.717) is 5.02 Å². The summed E-state index contributed by atoms with van der Waals surface area (Å²) in [5.41, 5.74) is 5.77. The highest BCUT2D eigenvalue weighted by atomic mass is 35.5. The van der Waals surface area contributed by atoms with Crippen LogP contribution < -0.4 is 5.43 Å². The van der Waals surface area contributed by atoms with E-state index < -0.39 is 0 Å². The van der Waals surface area contributed by atoms with Gasteiger partial charge in [-0.1, -0.05) is 35.9 Å². The quantitative estimate of drug-likeness (QED) is 0.584. The van der Waals surface area contributed by atoms with Gasteiger partial charge < -0.3 is 4.57 Å². The number of rotatable bonds is 4. The lowest BCUT2D eigenvalue weighted by Crippen LogP contribution is -1.93. The molecule has 0 atom stereocenters. The summed E-state index contributed by atoms with van der Waals surface area (Å²) in [7, 11) is 0. The van der Waals surface area contributed by atoms with Crippen LogP contribution in [0.15, 0.2) is 72.4 Å². The van der Waals surface area contributed by atoms with Gasteiger partial charge in [-0.25, -0.2) is 4.98 Å². The van der Waals surface area contributed by atoms with Gasteiger partial charge in [0.1, 0.15) is 0 Å². The van der Waals surface area contributed by atoms with E-state index in [1.54, 1.807) is 18.7 Å². The van der Waals surface area contributed by atoms with Crippen LogP contribution >= 0.6 is 11.6 Å². The molecule has 0 saturated carbocycles. The summed E-state index contributed by atoms with van der Waals surface area (Å²) in [5, 5.41) is 4.83. The Hall–Kier alpha value is -2.59. The number of benzene rings is 2. The molecule has 104 valence electrons. The van der Waals surface area contributed by atoms with Crippen molar-refractivity contribution in [2.24, 2.45) is 5.10 Å². The first-order valence-corrected chi connectivity index (χ1v) is 6.83. The van der Waals surface area contributed by atoms with E-state index in [9.17, 15) is 0 Å². The number of halogens is 1. The third-order valence-corrected chi connectivity index (χ3v) is 3.30. The number of hydrazone groups is 1. The fourth-order valence-electron chi connectivity index (χ4n) is 1.87. The molecule has 5 heteroatoms. The first-order valence-electron chi connectivity index (χ1n) is 6.45. The third-order valence-electron chi connectivity index (χ3n) is 2.97. The van der Waals surface area contributed by atoms with Gasteiger partial charge in [-0.3, -0.25) is 5.43 Å². The van der Waals surface area contributed by atoms with E-state index in [1.807, 2.05) is 59.3 Å². The minimum atomic E-state index is 0.644. The first-order chi connectivity index (χ1) is 10.3. The minimum absolute atomic E-state index is 0.644. The molecule has 21 heavy (non-hydrogen) atoms. The van der Waals surface area contributed by atoms with Crippen LogP contribution in [0.4, 0.5) is 5.69 Å². The number of aromatic nitrogens is 2. The molecule has 0 radical (unpaired) electrons. The van der Waals surface area contributed by atoms with Crippen molar-refractivity contribution in [1.29, 1.82) is 0 Å². The van der Waals surface area contributed by atoms with E-state index in [0.717, 1.165) is 16.9 Å². The predicted molar refractivity (Wildman–Crippen MR) is 86.2 cm³/mol. The van der Waals surface area contributed by atoms with Crippen molar-refractivity contribution in [2.75, 3.05) is 5.43 Å². The molecule has 0 spiro atoms. The molecule has 0 aliphatic rings. The number of anilines is 1. The second-order valence-corrected chi connectivity index (χ2v) is 4.82. The molecular weight excluding hydrogens is 284 g/mol. The highest BCUT2D eigenvalue weighted by Gasteiger charge is 1.96. The minimum Gasteiger partial charge on any atom is -0.306 e. The summed E-state index contributed by atoms with van der Waals surface area (Å²) >= 11 is 6.04. The van der Waals surface area contributed by atoms with Crippen molar-refractivity contribution < 1.29 is 0 Å². The van der Waals surface area contributed by atoms with Gasteiger partial charge in [0.25, 0.3) is 0 Å². The molecule has 3 aromatic rings. The standard InChI is InChI=1S/C16H13ClN4/c17-15-3-1-2-4-16(15)20-19-11-13-5-7-14(8-6-13)21-10-9-18-12-21/h1-12,20H. The second-order valence-electron chi connectivity index (χ2n) is 4.41. The van der Waals surface area contributed by atoms with Gasteiger partial charge in [-0.15, -0.1) is 0 Å². The van der Waals surface area contributed by atoms with Crippen LogP contribution in [0.1, 0.15) is 5.56 Å². The van der Waals surface area contributed by atoms with E-state index >= 15 is 0 Å². The summed E-state index contributed by atoms with van der Waals surface area (Å²) in [5.74, 6) is 0. The smallest absolute Gasteiger partial charge is 0.0991 e. The van der Waals surface area contributed by atoms with Gasteiger partial charge in [0.2, 0.25) is 0 Å². The summed E-state index contributed by atoms with van der Waals surface area (Å²) < 4.78 is 1.95. The zero-order chi connectivity index (χ0) is 14.5. The second kappa shape index (κ2) is 6.24. The topological polar surface area (TPSA) is 42.2 Å². The number of nitrogens with zero attached hydrogens (tertiary/aromatic N) is 3. The van der Waals surface area contributed by atoms with Crippen molar-refractivity contribution in [2.45, 2.75) is 0 Å². The Balaban J connectivity index is 1.68. The Morgan fingerprint density at radius 3 is 2.62 bits per heavy atom. The van der Waals surface area contributed by atoms with Gasteiger partial charge in [0.05, 0.1) is 23.3 Å². The Kier molecular flexibility index (Phi) is 3.98. The van der Waals surface area contributed by atoms with Gasteiger partial charge in [0, 0.05) is 18.1 Å². The Morgan fingerprint density at radius 2 is 1.90 bits per heavy atom. The van der Waals surface area contributed by atoms with Gasteiger partial charge in [0.15, 0.2) is 0 Å². The molecule has 0 amide bonds. The fraction of sp³-hybridized carbons (Fsp3) is 0. The predicted octanol–water partition coefficient (Wildman–Crippen LogP) is 3.97. The number of hydrogen-bond acceptors (Lipinski definition) is 3. The summed E-state index contributed by atoms with van der Waals surface area (Å²) in [6.07, 6.45) is 7.17. The van der Waals surface area contributed by atoms with Crippen LogP contribution in [-0.2, 0) is 0 Å².